The first-order valence-corrected chi connectivity index (χ1v) is 17.3. The van der Waals surface area contributed by atoms with Gasteiger partial charge in [0, 0.05) is 38.9 Å². The third-order valence-corrected chi connectivity index (χ3v) is 10.9. The molecule has 0 bridgehead atoms. The highest BCUT2D eigenvalue weighted by molar-refractivity contribution is 6.39. The molecule has 2 atom stereocenters. The average Bonchev–Trinajstić information content (AvgIpc) is 3.58. The van der Waals surface area contributed by atoms with E-state index in [1.165, 1.54) is 19.7 Å². The number of halogens is 5. The van der Waals surface area contributed by atoms with Gasteiger partial charge in [0.15, 0.2) is 0 Å². The Bertz CT molecular complexity index is 1950. The smallest absolute Gasteiger partial charge is 0.391 e. The van der Waals surface area contributed by atoms with Gasteiger partial charge in [0.05, 0.1) is 51.0 Å². The lowest BCUT2D eigenvalue weighted by atomic mass is 9.85. The van der Waals surface area contributed by atoms with Gasteiger partial charge in [-0.2, -0.15) is 13.2 Å². The second kappa shape index (κ2) is 13.5. The number of pyridine rings is 1. The number of aromatic nitrogens is 3. The molecule has 3 aliphatic rings. The van der Waals surface area contributed by atoms with Crippen molar-refractivity contribution in [3.05, 3.63) is 69.3 Å². The summed E-state index contributed by atoms with van der Waals surface area (Å²) in [4.78, 5) is 37.7. The fourth-order valence-electron chi connectivity index (χ4n) is 7.16. The van der Waals surface area contributed by atoms with Crippen LogP contribution in [-0.4, -0.2) is 58.8 Å². The number of nitrogens with zero attached hydrogens (tertiary/aromatic N) is 4. The lowest BCUT2D eigenvalue weighted by Gasteiger charge is -2.31. The van der Waals surface area contributed by atoms with Gasteiger partial charge >= 0.3 is 6.18 Å². The summed E-state index contributed by atoms with van der Waals surface area (Å²) in [7, 11) is 3.28. The Morgan fingerprint density at radius 3 is 2.46 bits per heavy atom. The van der Waals surface area contributed by atoms with Crippen LogP contribution < -0.4 is 25.6 Å². The van der Waals surface area contributed by atoms with Crippen molar-refractivity contribution in [3.8, 4) is 5.88 Å². The molecule has 0 spiro atoms. The number of fused-ring (bicyclic) bond motifs is 2. The molecule has 1 aliphatic heterocycles. The van der Waals surface area contributed by atoms with E-state index >= 15 is 0 Å². The number of ether oxygens (including phenoxy) is 1. The summed E-state index contributed by atoms with van der Waals surface area (Å²) in [5.41, 5.74) is 3.82. The average molecular weight is 731 g/mol. The molecule has 1 saturated heterocycles. The molecule has 7 rings (SSSR count). The molecular weight excluding hydrogens is 694 g/mol. The predicted molar refractivity (Wildman–Crippen MR) is 185 cm³/mol. The molecule has 0 radical (unpaired) electrons. The van der Waals surface area contributed by atoms with Gasteiger partial charge in [0.1, 0.15) is 5.56 Å². The standard InChI is InChI=1S/C35H36Cl2F3N7O3/c1-46-28-14-27(47-16-19-12-20(19)17-47)24(32(49)43-22-8-6-21(7-9-22)35(38,39)40)13-26(28)44-34(46)45-30-25(36)10-5-18(29(30)37)15-42-31(48)23-4-3-11-41-33(23)50-2/h3-5,10-11,13-14,19-22H,6-9,12,15-17H2,1-2H3,(H,42,48)(H,43,49)(H,44,45). The number of imidazole rings is 1. The fourth-order valence-corrected chi connectivity index (χ4v) is 7.69. The minimum Gasteiger partial charge on any atom is -0.480 e. The van der Waals surface area contributed by atoms with Crippen molar-refractivity contribution in [1.29, 1.82) is 0 Å². The molecule has 2 unspecified atom stereocenters. The molecule has 3 N–H and O–H groups in total. The van der Waals surface area contributed by atoms with Gasteiger partial charge in [-0.3, -0.25) is 9.59 Å². The summed E-state index contributed by atoms with van der Waals surface area (Å²) < 4.78 is 46.8. The van der Waals surface area contributed by atoms with Crippen molar-refractivity contribution in [2.45, 2.75) is 50.9 Å². The summed E-state index contributed by atoms with van der Waals surface area (Å²) in [5, 5.41) is 9.74. The number of rotatable bonds is 9. The molecular formula is C35H36Cl2F3N7O3. The van der Waals surface area contributed by atoms with E-state index in [0.717, 1.165) is 24.3 Å². The van der Waals surface area contributed by atoms with E-state index in [1.54, 1.807) is 30.3 Å². The van der Waals surface area contributed by atoms with Crippen LogP contribution in [0.25, 0.3) is 11.0 Å². The Hall–Kier alpha value is -4.23. The summed E-state index contributed by atoms with van der Waals surface area (Å²) in [6, 6.07) is 10.0. The maximum absolute atomic E-state index is 13.8. The van der Waals surface area contributed by atoms with Crippen LogP contribution in [0.1, 0.15) is 58.4 Å². The summed E-state index contributed by atoms with van der Waals surface area (Å²) in [6.07, 6.45) is -0.932. The van der Waals surface area contributed by atoms with Crippen molar-refractivity contribution >= 4 is 63.4 Å². The highest BCUT2D eigenvalue weighted by Crippen LogP contribution is 2.47. The molecule has 264 valence electrons. The summed E-state index contributed by atoms with van der Waals surface area (Å²) in [6.45, 7) is 1.79. The Kier molecular flexibility index (Phi) is 9.23. The van der Waals surface area contributed by atoms with Crippen LogP contribution in [0.15, 0.2) is 42.6 Å². The van der Waals surface area contributed by atoms with Crippen molar-refractivity contribution in [3.63, 3.8) is 0 Å². The van der Waals surface area contributed by atoms with Gasteiger partial charge in [-0.1, -0.05) is 29.3 Å². The number of alkyl halides is 3. The molecule has 2 aliphatic carbocycles. The number of anilines is 3. The third-order valence-electron chi connectivity index (χ3n) is 10.1. The Labute approximate surface area is 296 Å². The van der Waals surface area contributed by atoms with Crippen LogP contribution in [0.2, 0.25) is 10.0 Å². The molecule has 2 aromatic heterocycles. The number of carbonyl (C=O) groups excluding carboxylic acids is 2. The molecule has 50 heavy (non-hydrogen) atoms. The molecule has 2 saturated carbocycles. The van der Waals surface area contributed by atoms with Crippen LogP contribution in [-0.2, 0) is 13.6 Å². The molecule has 2 amide bonds. The third kappa shape index (κ3) is 6.77. The molecule has 3 fully saturated rings. The number of nitrogens with one attached hydrogen (secondary N) is 3. The first-order chi connectivity index (χ1) is 23.9. The van der Waals surface area contributed by atoms with E-state index in [9.17, 15) is 22.8 Å². The van der Waals surface area contributed by atoms with Crippen LogP contribution in [0.3, 0.4) is 0 Å². The van der Waals surface area contributed by atoms with Crippen LogP contribution >= 0.6 is 23.2 Å². The Balaban J connectivity index is 1.13. The van der Waals surface area contributed by atoms with Gasteiger partial charge in [0.25, 0.3) is 11.8 Å². The number of carbonyl (C=O) groups is 2. The van der Waals surface area contributed by atoms with E-state index in [2.05, 4.69) is 25.8 Å². The monoisotopic (exact) mass is 729 g/mol. The number of aryl methyl sites for hydroxylation is 1. The zero-order valence-electron chi connectivity index (χ0n) is 27.4. The van der Waals surface area contributed by atoms with E-state index in [0.29, 0.717) is 50.2 Å². The zero-order chi connectivity index (χ0) is 35.3. The topological polar surface area (TPSA) is 113 Å². The van der Waals surface area contributed by atoms with Gasteiger partial charge < -0.3 is 30.2 Å². The number of piperidine rings is 1. The van der Waals surface area contributed by atoms with Crippen LogP contribution in [0.5, 0.6) is 5.88 Å². The normalized spacial score (nSPS) is 21.5. The highest BCUT2D eigenvalue weighted by atomic mass is 35.5. The van der Waals surface area contributed by atoms with Crippen molar-refractivity contribution in [2.75, 3.05) is 30.4 Å². The molecule has 2 aromatic carbocycles. The lowest BCUT2D eigenvalue weighted by molar-refractivity contribution is -0.182. The Morgan fingerprint density at radius 1 is 1.02 bits per heavy atom. The number of benzene rings is 2. The van der Waals surface area contributed by atoms with E-state index in [-0.39, 0.29) is 61.5 Å². The van der Waals surface area contributed by atoms with Crippen molar-refractivity contribution < 1.29 is 27.5 Å². The first-order valence-electron chi connectivity index (χ1n) is 16.5. The van der Waals surface area contributed by atoms with Gasteiger partial charge in [-0.05, 0) is 79.8 Å². The minimum atomic E-state index is -4.21. The summed E-state index contributed by atoms with van der Waals surface area (Å²) >= 11 is 13.4. The van der Waals surface area contributed by atoms with Crippen LogP contribution in [0, 0.1) is 17.8 Å². The van der Waals surface area contributed by atoms with E-state index in [1.807, 2.05) is 17.7 Å². The number of amides is 2. The maximum Gasteiger partial charge on any atom is 0.391 e. The number of methoxy groups -OCH3 is 1. The Morgan fingerprint density at radius 2 is 1.76 bits per heavy atom. The van der Waals surface area contributed by atoms with Crippen molar-refractivity contribution in [1.82, 2.24) is 25.2 Å². The maximum atomic E-state index is 13.8. The lowest BCUT2D eigenvalue weighted by Crippen LogP contribution is -2.40. The molecule has 10 nitrogen and oxygen atoms in total. The van der Waals surface area contributed by atoms with Gasteiger partial charge in [-0.15, -0.1) is 0 Å². The van der Waals surface area contributed by atoms with E-state index < -0.39 is 12.1 Å². The second-order valence-electron chi connectivity index (χ2n) is 13.3. The van der Waals surface area contributed by atoms with Gasteiger partial charge in [-0.25, -0.2) is 9.97 Å². The highest BCUT2D eigenvalue weighted by Gasteiger charge is 2.46. The van der Waals surface area contributed by atoms with Crippen molar-refractivity contribution in [2.24, 2.45) is 24.8 Å². The minimum absolute atomic E-state index is 0.00301. The fraction of sp³-hybridized carbons (Fsp3) is 0.429. The summed E-state index contributed by atoms with van der Waals surface area (Å²) in [5.74, 6) is -0.186. The first kappa shape index (κ1) is 34.2. The SMILES string of the molecule is COc1ncccc1C(=O)NCc1ccc(Cl)c(Nc2nc3cc(C(=O)NC4CCC(C(F)(F)F)CC4)c(N4CC5CC5C4)cc3n2C)c1Cl. The zero-order valence-corrected chi connectivity index (χ0v) is 28.9. The number of hydrogen-bond acceptors (Lipinski definition) is 7. The predicted octanol–water partition coefficient (Wildman–Crippen LogP) is 7.26. The number of hydrogen-bond donors (Lipinski definition) is 3. The quantitative estimate of drug-likeness (QED) is 0.166. The second-order valence-corrected chi connectivity index (χ2v) is 14.1. The largest absolute Gasteiger partial charge is 0.480 e. The van der Waals surface area contributed by atoms with Gasteiger partial charge in [0.2, 0.25) is 11.8 Å². The van der Waals surface area contributed by atoms with Crippen LogP contribution in [0.4, 0.5) is 30.5 Å². The molecule has 15 heteroatoms. The molecule has 4 aromatic rings. The van der Waals surface area contributed by atoms with E-state index in [4.69, 9.17) is 32.9 Å². The molecule has 3 heterocycles.